The Morgan fingerprint density at radius 3 is 2.65 bits per heavy atom. The van der Waals surface area contributed by atoms with Gasteiger partial charge in [0.1, 0.15) is 4.88 Å². The normalized spacial score (nSPS) is 27.5. The lowest BCUT2D eigenvalue weighted by atomic mass is 10.0. The SMILES string of the molecule is Cc1csc(C(=O)N2C[C@H]3CNC[C@H]3C2)c1Cl. The molecule has 0 aliphatic carbocycles. The van der Waals surface area contributed by atoms with E-state index in [1.807, 2.05) is 17.2 Å². The Bertz CT molecular complexity index is 447. The maximum atomic E-state index is 12.3. The molecule has 5 heteroatoms. The van der Waals surface area contributed by atoms with Crippen LogP contribution in [0, 0.1) is 18.8 Å². The van der Waals surface area contributed by atoms with E-state index < -0.39 is 0 Å². The molecule has 17 heavy (non-hydrogen) atoms. The van der Waals surface area contributed by atoms with Crippen LogP contribution < -0.4 is 5.32 Å². The second kappa shape index (κ2) is 4.26. The monoisotopic (exact) mass is 270 g/mol. The average Bonchev–Trinajstić information content (AvgIpc) is 2.94. The minimum atomic E-state index is 0.113. The minimum absolute atomic E-state index is 0.113. The van der Waals surface area contributed by atoms with Crippen LogP contribution in [0.15, 0.2) is 5.38 Å². The van der Waals surface area contributed by atoms with Crippen molar-refractivity contribution in [1.82, 2.24) is 10.2 Å². The predicted molar refractivity (Wildman–Crippen MR) is 69.8 cm³/mol. The Balaban J connectivity index is 1.78. The van der Waals surface area contributed by atoms with Crippen molar-refractivity contribution in [2.45, 2.75) is 6.92 Å². The zero-order valence-electron chi connectivity index (χ0n) is 9.70. The maximum Gasteiger partial charge on any atom is 0.265 e. The number of amides is 1. The molecule has 3 heterocycles. The number of hydrogen-bond acceptors (Lipinski definition) is 3. The number of carbonyl (C=O) groups excluding carboxylic acids is 1. The zero-order valence-corrected chi connectivity index (χ0v) is 11.3. The first-order valence-corrected chi connectivity index (χ1v) is 7.16. The molecule has 1 N–H and O–H groups in total. The van der Waals surface area contributed by atoms with Gasteiger partial charge in [-0.2, -0.15) is 0 Å². The number of nitrogens with one attached hydrogen (secondary N) is 1. The summed E-state index contributed by atoms with van der Waals surface area (Å²) in [5.74, 6) is 1.39. The van der Waals surface area contributed by atoms with E-state index >= 15 is 0 Å². The molecule has 1 aromatic rings. The number of carbonyl (C=O) groups is 1. The fourth-order valence-corrected chi connectivity index (χ4v) is 3.98. The molecule has 0 spiro atoms. The van der Waals surface area contributed by atoms with E-state index in [4.69, 9.17) is 11.6 Å². The molecule has 0 aromatic carbocycles. The van der Waals surface area contributed by atoms with Crippen molar-refractivity contribution in [3.05, 3.63) is 20.8 Å². The predicted octanol–water partition coefficient (Wildman–Crippen LogP) is 2.00. The third-order valence-electron chi connectivity index (χ3n) is 3.77. The summed E-state index contributed by atoms with van der Waals surface area (Å²) < 4.78 is 0. The fourth-order valence-electron chi connectivity index (χ4n) is 2.74. The van der Waals surface area contributed by atoms with Crippen molar-refractivity contribution in [3.63, 3.8) is 0 Å². The summed E-state index contributed by atoms with van der Waals surface area (Å²) in [6.07, 6.45) is 0. The van der Waals surface area contributed by atoms with Crippen LogP contribution in [0.3, 0.4) is 0 Å². The zero-order chi connectivity index (χ0) is 12.0. The van der Waals surface area contributed by atoms with E-state index in [1.165, 1.54) is 11.3 Å². The minimum Gasteiger partial charge on any atom is -0.337 e. The molecule has 3 rings (SSSR count). The van der Waals surface area contributed by atoms with Crippen molar-refractivity contribution in [2.75, 3.05) is 26.2 Å². The number of rotatable bonds is 1. The van der Waals surface area contributed by atoms with Crippen molar-refractivity contribution in [2.24, 2.45) is 11.8 Å². The molecule has 2 aliphatic rings. The first-order chi connectivity index (χ1) is 8.16. The lowest BCUT2D eigenvalue weighted by molar-refractivity contribution is 0.0786. The highest BCUT2D eigenvalue weighted by atomic mass is 35.5. The molecule has 2 saturated heterocycles. The number of likely N-dealkylation sites (tertiary alicyclic amines) is 1. The Hall–Kier alpha value is -0.580. The molecule has 1 aromatic heterocycles. The Morgan fingerprint density at radius 1 is 1.47 bits per heavy atom. The molecular formula is C12H15ClN2OS. The van der Waals surface area contributed by atoms with Crippen LogP contribution in [-0.4, -0.2) is 37.0 Å². The van der Waals surface area contributed by atoms with Crippen LogP contribution in [0.25, 0.3) is 0 Å². The quantitative estimate of drug-likeness (QED) is 0.847. The number of halogens is 1. The molecule has 0 radical (unpaired) electrons. The van der Waals surface area contributed by atoms with Gasteiger partial charge < -0.3 is 10.2 Å². The van der Waals surface area contributed by atoms with Gasteiger partial charge in [-0.05, 0) is 29.7 Å². The van der Waals surface area contributed by atoms with Crippen molar-refractivity contribution >= 4 is 28.8 Å². The van der Waals surface area contributed by atoms with E-state index in [1.54, 1.807) is 0 Å². The van der Waals surface area contributed by atoms with E-state index in [0.29, 0.717) is 21.7 Å². The van der Waals surface area contributed by atoms with Gasteiger partial charge in [0, 0.05) is 26.2 Å². The van der Waals surface area contributed by atoms with Gasteiger partial charge in [0.25, 0.3) is 5.91 Å². The van der Waals surface area contributed by atoms with E-state index in [2.05, 4.69) is 5.32 Å². The number of nitrogens with zero attached hydrogens (tertiary/aromatic N) is 1. The third kappa shape index (κ3) is 1.88. The summed E-state index contributed by atoms with van der Waals surface area (Å²) in [5, 5.41) is 5.96. The van der Waals surface area contributed by atoms with Crippen molar-refractivity contribution < 1.29 is 4.79 Å². The van der Waals surface area contributed by atoms with Gasteiger partial charge in [0.2, 0.25) is 0 Å². The first-order valence-electron chi connectivity index (χ1n) is 5.90. The second-order valence-corrected chi connectivity index (χ2v) is 6.21. The number of hydrogen-bond donors (Lipinski definition) is 1. The van der Waals surface area contributed by atoms with Gasteiger partial charge in [-0.3, -0.25) is 4.79 Å². The Kier molecular flexibility index (Phi) is 2.89. The average molecular weight is 271 g/mol. The van der Waals surface area contributed by atoms with Crippen LogP contribution in [-0.2, 0) is 0 Å². The van der Waals surface area contributed by atoms with E-state index in [9.17, 15) is 4.79 Å². The highest BCUT2D eigenvalue weighted by Crippen LogP contribution is 2.32. The lowest BCUT2D eigenvalue weighted by Crippen LogP contribution is -2.31. The Labute approximate surface area is 110 Å². The lowest BCUT2D eigenvalue weighted by Gasteiger charge is -2.16. The van der Waals surface area contributed by atoms with Gasteiger partial charge >= 0.3 is 0 Å². The van der Waals surface area contributed by atoms with Crippen LogP contribution in [0.2, 0.25) is 5.02 Å². The van der Waals surface area contributed by atoms with E-state index in [-0.39, 0.29) is 5.91 Å². The van der Waals surface area contributed by atoms with Crippen LogP contribution >= 0.6 is 22.9 Å². The molecular weight excluding hydrogens is 256 g/mol. The van der Waals surface area contributed by atoms with Crippen LogP contribution in [0.1, 0.15) is 15.2 Å². The molecule has 92 valence electrons. The van der Waals surface area contributed by atoms with Gasteiger partial charge in [-0.1, -0.05) is 11.6 Å². The van der Waals surface area contributed by atoms with Gasteiger partial charge in [-0.25, -0.2) is 0 Å². The van der Waals surface area contributed by atoms with Crippen LogP contribution in [0.4, 0.5) is 0 Å². The topological polar surface area (TPSA) is 32.3 Å². The molecule has 2 fully saturated rings. The highest BCUT2D eigenvalue weighted by Gasteiger charge is 2.38. The number of fused-ring (bicyclic) bond motifs is 1. The number of thiophene rings is 1. The molecule has 1 amide bonds. The van der Waals surface area contributed by atoms with Crippen molar-refractivity contribution in [1.29, 1.82) is 0 Å². The summed E-state index contributed by atoms with van der Waals surface area (Å²) >= 11 is 7.61. The largest absolute Gasteiger partial charge is 0.337 e. The smallest absolute Gasteiger partial charge is 0.265 e. The second-order valence-electron chi connectivity index (χ2n) is 4.95. The summed E-state index contributed by atoms with van der Waals surface area (Å²) in [6, 6.07) is 0. The summed E-state index contributed by atoms with van der Waals surface area (Å²) in [7, 11) is 0. The third-order valence-corrected chi connectivity index (χ3v) is 5.46. The maximum absolute atomic E-state index is 12.3. The molecule has 2 aliphatic heterocycles. The first kappa shape index (κ1) is 11.5. The fraction of sp³-hybridized carbons (Fsp3) is 0.583. The van der Waals surface area contributed by atoms with Crippen molar-refractivity contribution in [3.8, 4) is 0 Å². The highest BCUT2D eigenvalue weighted by molar-refractivity contribution is 7.13. The molecule has 0 saturated carbocycles. The molecule has 3 nitrogen and oxygen atoms in total. The van der Waals surface area contributed by atoms with Gasteiger partial charge in [0.15, 0.2) is 0 Å². The molecule has 0 bridgehead atoms. The van der Waals surface area contributed by atoms with Gasteiger partial charge in [-0.15, -0.1) is 11.3 Å². The van der Waals surface area contributed by atoms with Gasteiger partial charge in [0.05, 0.1) is 5.02 Å². The summed E-state index contributed by atoms with van der Waals surface area (Å²) in [5.41, 5.74) is 1.00. The van der Waals surface area contributed by atoms with E-state index in [0.717, 1.165) is 31.7 Å². The molecule has 0 unspecified atom stereocenters. The standard InChI is InChI=1S/C12H15ClN2OS/c1-7-6-17-11(10(7)13)12(16)15-4-8-2-14-3-9(8)5-15/h6,8-9,14H,2-5H2,1H3/t8-,9+. The number of aryl methyl sites for hydroxylation is 1. The Morgan fingerprint density at radius 2 is 2.12 bits per heavy atom. The van der Waals surface area contributed by atoms with Crippen LogP contribution in [0.5, 0.6) is 0 Å². The molecule has 2 atom stereocenters. The summed E-state index contributed by atoms with van der Waals surface area (Å²) in [4.78, 5) is 15.0. The summed E-state index contributed by atoms with van der Waals surface area (Å²) in [6.45, 7) is 5.79.